The first kappa shape index (κ1) is 15.1. The van der Waals surface area contributed by atoms with E-state index in [1.807, 2.05) is 0 Å². The van der Waals surface area contributed by atoms with E-state index in [9.17, 15) is 8.78 Å². The lowest BCUT2D eigenvalue weighted by Crippen LogP contribution is -2.12. The summed E-state index contributed by atoms with van der Waals surface area (Å²) < 4.78 is 27.7. The summed E-state index contributed by atoms with van der Waals surface area (Å²) in [5.41, 5.74) is 0.185. The zero-order valence-electron chi connectivity index (χ0n) is 9.94. The first-order valence-corrected chi connectivity index (χ1v) is 7.55. The molecule has 0 spiro atoms. The van der Waals surface area contributed by atoms with Crippen molar-refractivity contribution in [1.82, 2.24) is 0 Å². The van der Waals surface area contributed by atoms with E-state index < -0.39 is 11.6 Å². The number of hydrogen-bond donors (Lipinski definition) is 0. The molecule has 1 rings (SSSR count). The van der Waals surface area contributed by atoms with Gasteiger partial charge in [-0.3, -0.25) is 0 Å². The van der Waals surface area contributed by atoms with Gasteiger partial charge in [0.05, 0.1) is 4.47 Å². The van der Waals surface area contributed by atoms with Crippen molar-refractivity contribution in [3.05, 3.63) is 33.8 Å². The maximum atomic E-state index is 13.8. The number of rotatable bonds is 5. The van der Waals surface area contributed by atoms with Gasteiger partial charge in [-0.05, 0) is 52.7 Å². The molecule has 0 aromatic heterocycles. The zero-order valence-corrected chi connectivity index (χ0v) is 13.1. The number of halogens is 4. The van der Waals surface area contributed by atoms with Crippen LogP contribution in [-0.2, 0) is 6.42 Å². The molecule has 1 aromatic rings. The van der Waals surface area contributed by atoms with E-state index in [0.717, 1.165) is 11.8 Å². The molecule has 0 aliphatic carbocycles. The van der Waals surface area contributed by atoms with Gasteiger partial charge in [0.1, 0.15) is 11.6 Å². The van der Waals surface area contributed by atoms with E-state index in [2.05, 4.69) is 45.7 Å². The summed E-state index contributed by atoms with van der Waals surface area (Å²) in [4.78, 5) is 0. The van der Waals surface area contributed by atoms with E-state index >= 15 is 0 Å². The van der Waals surface area contributed by atoms with E-state index in [-0.39, 0.29) is 11.5 Å². The van der Waals surface area contributed by atoms with E-state index in [1.165, 1.54) is 12.1 Å². The predicted molar refractivity (Wildman–Crippen MR) is 74.5 cm³/mol. The van der Waals surface area contributed by atoms with Gasteiger partial charge in [-0.1, -0.05) is 29.8 Å². The van der Waals surface area contributed by atoms with Gasteiger partial charge in [-0.25, -0.2) is 8.78 Å². The Morgan fingerprint density at radius 3 is 2.41 bits per heavy atom. The Kier molecular flexibility index (Phi) is 6.07. The Balaban J connectivity index is 2.89. The molecule has 0 heterocycles. The van der Waals surface area contributed by atoms with Crippen LogP contribution < -0.4 is 0 Å². The summed E-state index contributed by atoms with van der Waals surface area (Å²) in [5.74, 6) is -0.149. The fraction of sp³-hybridized carbons (Fsp3) is 0.538. The molecule has 96 valence electrons. The lowest BCUT2D eigenvalue weighted by Gasteiger charge is -2.17. The Morgan fingerprint density at radius 1 is 1.24 bits per heavy atom. The monoisotopic (exact) mass is 368 g/mol. The van der Waals surface area contributed by atoms with Crippen molar-refractivity contribution in [2.24, 2.45) is 11.8 Å². The van der Waals surface area contributed by atoms with Crippen molar-refractivity contribution in [3.63, 3.8) is 0 Å². The lowest BCUT2D eigenvalue weighted by atomic mass is 9.92. The van der Waals surface area contributed by atoms with Gasteiger partial charge in [-0.2, -0.15) is 0 Å². The molecule has 4 heteroatoms. The molecule has 0 nitrogen and oxygen atoms in total. The predicted octanol–water partition coefficient (Wildman–Crippen LogP) is 5.33. The van der Waals surface area contributed by atoms with Crippen LogP contribution in [0, 0.1) is 23.5 Å². The molecular weight excluding hydrogens is 354 g/mol. The van der Waals surface area contributed by atoms with E-state index in [0.29, 0.717) is 16.8 Å². The van der Waals surface area contributed by atoms with Crippen molar-refractivity contribution in [2.45, 2.75) is 26.7 Å². The third-order valence-corrected chi connectivity index (χ3v) is 4.18. The summed E-state index contributed by atoms with van der Waals surface area (Å²) in [5, 5.41) is 0.760. The fourth-order valence-electron chi connectivity index (χ4n) is 1.91. The minimum absolute atomic E-state index is 0.185. The molecular formula is C13H16Br2F2. The van der Waals surface area contributed by atoms with Gasteiger partial charge in [0, 0.05) is 10.9 Å². The van der Waals surface area contributed by atoms with Crippen LogP contribution in [0.2, 0.25) is 0 Å². The fourth-order valence-corrected chi connectivity index (χ4v) is 2.78. The third-order valence-electron chi connectivity index (χ3n) is 2.65. The quantitative estimate of drug-likeness (QED) is 0.486. The topological polar surface area (TPSA) is 0 Å². The van der Waals surface area contributed by atoms with Gasteiger partial charge in [0.2, 0.25) is 0 Å². The first-order valence-electron chi connectivity index (χ1n) is 5.64. The van der Waals surface area contributed by atoms with Crippen LogP contribution in [0.3, 0.4) is 0 Å². The number of benzene rings is 1. The second-order valence-corrected chi connectivity index (χ2v) is 6.18. The molecule has 1 atom stereocenters. The van der Waals surface area contributed by atoms with Gasteiger partial charge in [-0.15, -0.1) is 0 Å². The highest BCUT2D eigenvalue weighted by Crippen LogP contribution is 2.26. The number of hydrogen-bond acceptors (Lipinski definition) is 0. The van der Waals surface area contributed by atoms with Gasteiger partial charge in [0.25, 0.3) is 0 Å². The molecule has 0 aliphatic heterocycles. The molecule has 0 radical (unpaired) electrons. The molecule has 17 heavy (non-hydrogen) atoms. The van der Waals surface area contributed by atoms with Crippen molar-refractivity contribution < 1.29 is 8.78 Å². The van der Waals surface area contributed by atoms with E-state index in [1.54, 1.807) is 0 Å². The number of alkyl halides is 1. The summed E-state index contributed by atoms with van der Waals surface area (Å²) in [6.45, 7) is 4.23. The summed E-state index contributed by atoms with van der Waals surface area (Å²) in [6.07, 6.45) is 1.39. The first-order chi connectivity index (χ1) is 7.95. The SMILES string of the molecule is CC(C)CC(CBr)Cc1c(F)ccc(Br)c1F. The third kappa shape index (κ3) is 4.32. The van der Waals surface area contributed by atoms with Gasteiger partial charge >= 0.3 is 0 Å². The molecule has 0 N–H and O–H groups in total. The molecule has 1 unspecified atom stereocenters. The Hall–Kier alpha value is 0.0400. The van der Waals surface area contributed by atoms with Crippen molar-refractivity contribution in [2.75, 3.05) is 5.33 Å². The highest BCUT2D eigenvalue weighted by molar-refractivity contribution is 9.10. The molecule has 1 aromatic carbocycles. The van der Waals surface area contributed by atoms with Crippen LogP contribution >= 0.6 is 31.9 Å². The largest absolute Gasteiger partial charge is 0.207 e. The average molecular weight is 370 g/mol. The van der Waals surface area contributed by atoms with Crippen LogP contribution in [0.15, 0.2) is 16.6 Å². The maximum Gasteiger partial charge on any atom is 0.143 e. The highest BCUT2D eigenvalue weighted by Gasteiger charge is 2.18. The maximum absolute atomic E-state index is 13.8. The molecule has 0 fully saturated rings. The minimum atomic E-state index is -0.472. The van der Waals surface area contributed by atoms with E-state index in [4.69, 9.17) is 0 Å². The molecule has 0 bridgehead atoms. The Labute approximate surface area is 118 Å². The molecule has 0 amide bonds. The summed E-state index contributed by atoms with van der Waals surface area (Å²) in [6, 6.07) is 2.71. The Morgan fingerprint density at radius 2 is 1.88 bits per heavy atom. The highest BCUT2D eigenvalue weighted by atomic mass is 79.9. The molecule has 0 saturated heterocycles. The Bertz CT molecular complexity index is 378. The lowest BCUT2D eigenvalue weighted by molar-refractivity contribution is 0.428. The summed E-state index contributed by atoms with van der Waals surface area (Å²) in [7, 11) is 0. The van der Waals surface area contributed by atoms with Crippen LogP contribution in [0.4, 0.5) is 8.78 Å². The minimum Gasteiger partial charge on any atom is -0.207 e. The van der Waals surface area contributed by atoms with Crippen molar-refractivity contribution in [1.29, 1.82) is 0 Å². The normalized spacial score (nSPS) is 13.1. The van der Waals surface area contributed by atoms with Crippen LogP contribution in [0.25, 0.3) is 0 Å². The molecule has 0 aliphatic rings. The molecule has 0 saturated carbocycles. The van der Waals surface area contributed by atoms with Crippen molar-refractivity contribution >= 4 is 31.9 Å². The second-order valence-electron chi connectivity index (χ2n) is 4.68. The zero-order chi connectivity index (χ0) is 13.0. The second kappa shape index (κ2) is 6.83. The standard InChI is InChI=1S/C13H16Br2F2/c1-8(2)5-9(7-14)6-10-12(16)4-3-11(15)13(10)17/h3-4,8-9H,5-7H2,1-2H3. The van der Waals surface area contributed by atoms with Crippen LogP contribution in [0.5, 0.6) is 0 Å². The summed E-state index contributed by atoms with van der Waals surface area (Å²) >= 11 is 6.50. The average Bonchev–Trinajstić information content (AvgIpc) is 2.27. The van der Waals surface area contributed by atoms with Gasteiger partial charge in [0.15, 0.2) is 0 Å². The van der Waals surface area contributed by atoms with Gasteiger partial charge < -0.3 is 0 Å². The van der Waals surface area contributed by atoms with Crippen molar-refractivity contribution in [3.8, 4) is 0 Å². The smallest absolute Gasteiger partial charge is 0.143 e. The van der Waals surface area contributed by atoms with Crippen LogP contribution in [-0.4, -0.2) is 5.33 Å². The van der Waals surface area contributed by atoms with Crippen LogP contribution in [0.1, 0.15) is 25.8 Å².